The predicted molar refractivity (Wildman–Crippen MR) is 100 cm³/mol. The Labute approximate surface area is 154 Å². The number of benzene rings is 2. The van der Waals surface area contributed by atoms with E-state index in [4.69, 9.17) is 4.74 Å². The van der Waals surface area contributed by atoms with Gasteiger partial charge in [0, 0.05) is 17.4 Å². The second kappa shape index (κ2) is 8.33. The lowest BCUT2D eigenvalue weighted by molar-refractivity contribution is -0.890. The van der Waals surface area contributed by atoms with Crippen LogP contribution in [0.1, 0.15) is 22.0 Å². The van der Waals surface area contributed by atoms with Crippen molar-refractivity contribution in [3.8, 4) is 5.75 Å². The predicted octanol–water partition coefficient (Wildman–Crippen LogP) is 0.714. The quantitative estimate of drug-likeness (QED) is 0.745. The van der Waals surface area contributed by atoms with Gasteiger partial charge >= 0.3 is 0 Å². The minimum atomic E-state index is -3.27. The molecule has 0 spiro atoms. The number of carbonyl (C=O) groups excluding carboxylic acids is 1. The van der Waals surface area contributed by atoms with Crippen molar-refractivity contribution < 1.29 is 22.8 Å². The van der Waals surface area contributed by atoms with E-state index in [0.717, 1.165) is 17.6 Å². The van der Waals surface area contributed by atoms with Gasteiger partial charge < -0.3 is 15.0 Å². The van der Waals surface area contributed by atoms with Crippen LogP contribution in [-0.2, 0) is 9.84 Å². The molecule has 6 nitrogen and oxygen atoms in total. The largest absolute Gasteiger partial charge is 0.497 e. The fraction of sp³-hybridized carbons (Fsp3) is 0.316. The molecule has 2 rings (SSSR count). The van der Waals surface area contributed by atoms with E-state index in [1.807, 2.05) is 38.4 Å². The Morgan fingerprint density at radius 1 is 1.08 bits per heavy atom. The number of amides is 1. The standard InChI is InChI=1S/C19H24N2O4S/c1-21(2)18(14-5-9-16(25-3)10-6-14)13-20-19(22)15-7-11-17(12-8-15)26(4,23)24/h5-12,18H,13H2,1-4H3,(H,20,22)/p+1/t18-/m0/s1. The molecule has 2 aromatic carbocycles. The number of hydrogen-bond acceptors (Lipinski definition) is 4. The normalized spacial score (nSPS) is 12.7. The fourth-order valence-corrected chi connectivity index (χ4v) is 3.27. The average molecular weight is 377 g/mol. The van der Waals surface area contributed by atoms with Crippen LogP contribution in [0.15, 0.2) is 53.4 Å². The number of rotatable bonds is 7. The molecule has 140 valence electrons. The van der Waals surface area contributed by atoms with E-state index in [-0.39, 0.29) is 16.8 Å². The molecule has 0 unspecified atom stereocenters. The van der Waals surface area contributed by atoms with Crippen molar-refractivity contribution in [3.63, 3.8) is 0 Å². The molecular weight excluding hydrogens is 352 g/mol. The summed E-state index contributed by atoms with van der Waals surface area (Å²) in [5, 5.41) is 2.93. The highest BCUT2D eigenvalue weighted by Gasteiger charge is 2.19. The van der Waals surface area contributed by atoms with Gasteiger partial charge in [0.25, 0.3) is 5.91 Å². The molecule has 0 aliphatic rings. The van der Waals surface area contributed by atoms with Crippen molar-refractivity contribution >= 4 is 15.7 Å². The molecule has 26 heavy (non-hydrogen) atoms. The molecule has 2 N–H and O–H groups in total. The first-order valence-corrected chi connectivity index (χ1v) is 10.1. The van der Waals surface area contributed by atoms with Crippen LogP contribution in [0.5, 0.6) is 5.75 Å². The van der Waals surface area contributed by atoms with E-state index in [9.17, 15) is 13.2 Å². The van der Waals surface area contributed by atoms with Gasteiger partial charge in [-0.05, 0) is 48.5 Å². The molecule has 0 saturated carbocycles. The van der Waals surface area contributed by atoms with Crippen LogP contribution in [0, 0.1) is 0 Å². The first-order valence-electron chi connectivity index (χ1n) is 8.24. The van der Waals surface area contributed by atoms with Gasteiger partial charge in [0.2, 0.25) is 0 Å². The highest BCUT2D eigenvalue weighted by atomic mass is 32.2. The van der Waals surface area contributed by atoms with Crippen molar-refractivity contribution in [3.05, 3.63) is 59.7 Å². The number of likely N-dealkylation sites (N-methyl/N-ethyl adjacent to an activating group) is 1. The molecule has 0 fully saturated rings. The molecule has 0 heterocycles. The van der Waals surface area contributed by atoms with Gasteiger partial charge in [0.15, 0.2) is 9.84 Å². The molecule has 1 amide bonds. The summed E-state index contributed by atoms with van der Waals surface area (Å²) in [4.78, 5) is 13.8. The second-order valence-electron chi connectivity index (χ2n) is 6.41. The summed E-state index contributed by atoms with van der Waals surface area (Å²) in [5.41, 5.74) is 1.53. The fourth-order valence-electron chi connectivity index (χ4n) is 2.64. The summed E-state index contributed by atoms with van der Waals surface area (Å²) in [5.74, 6) is 0.557. The molecule has 1 atom stereocenters. The van der Waals surface area contributed by atoms with Crippen molar-refractivity contribution in [1.29, 1.82) is 0 Å². The SMILES string of the molecule is COc1ccc([C@H](CNC(=O)c2ccc(S(C)(=O)=O)cc2)[NH+](C)C)cc1. The number of nitrogens with one attached hydrogen (secondary N) is 2. The van der Waals surface area contributed by atoms with Crippen LogP contribution >= 0.6 is 0 Å². The Kier molecular flexibility index (Phi) is 6.39. The molecule has 0 saturated heterocycles. The van der Waals surface area contributed by atoms with E-state index >= 15 is 0 Å². The van der Waals surface area contributed by atoms with Crippen molar-refractivity contribution in [1.82, 2.24) is 5.32 Å². The van der Waals surface area contributed by atoms with Gasteiger partial charge in [0.05, 0.1) is 32.6 Å². The van der Waals surface area contributed by atoms with Crippen LogP contribution < -0.4 is 15.0 Å². The number of hydrogen-bond donors (Lipinski definition) is 2. The van der Waals surface area contributed by atoms with Gasteiger partial charge in [-0.3, -0.25) is 4.79 Å². The first kappa shape index (κ1) is 19.9. The lowest BCUT2D eigenvalue weighted by Gasteiger charge is -2.22. The summed E-state index contributed by atoms with van der Waals surface area (Å²) in [6, 6.07) is 13.8. The third-order valence-corrected chi connectivity index (χ3v) is 5.35. The third-order valence-electron chi connectivity index (χ3n) is 4.23. The molecule has 2 aromatic rings. The number of methoxy groups -OCH3 is 1. The molecule has 0 aliphatic heterocycles. The van der Waals surface area contributed by atoms with E-state index < -0.39 is 9.84 Å². The van der Waals surface area contributed by atoms with Crippen LogP contribution in [0.25, 0.3) is 0 Å². The summed E-state index contributed by atoms with van der Waals surface area (Å²) in [7, 11) is 2.41. The number of quaternary nitrogens is 1. The van der Waals surface area contributed by atoms with E-state index in [0.29, 0.717) is 12.1 Å². The van der Waals surface area contributed by atoms with Crippen LogP contribution in [0.2, 0.25) is 0 Å². The van der Waals surface area contributed by atoms with E-state index in [1.54, 1.807) is 7.11 Å². The lowest BCUT2D eigenvalue weighted by Crippen LogP contribution is -3.07. The minimum Gasteiger partial charge on any atom is -0.497 e. The Morgan fingerprint density at radius 3 is 2.12 bits per heavy atom. The van der Waals surface area contributed by atoms with Gasteiger partial charge in [-0.25, -0.2) is 8.42 Å². The summed E-state index contributed by atoms with van der Waals surface area (Å²) in [6.07, 6.45) is 1.14. The highest BCUT2D eigenvalue weighted by Crippen LogP contribution is 2.16. The minimum absolute atomic E-state index is 0.0835. The Balaban J connectivity index is 2.07. The van der Waals surface area contributed by atoms with E-state index in [1.165, 1.54) is 29.2 Å². The lowest BCUT2D eigenvalue weighted by atomic mass is 10.1. The highest BCUT2D eigenvalue weighted by molar-refractivity contribution is 7.90. The van der Waals surface area contributed by atoms with Crippen LogP contribution in [-0.4, -0.2) is 48.3 Å². The van der Waals surface area contributed by atoms with Crippen molar-refractivity contribution in [2.45, 2.75) is 10.9 Å². The monoisotopic (exact) mass is 377 g/mol. The Hall–Kier alpha value is -2.38. The van der Waals surface area contributed by atoms with Gasteiger partial charge in [-0.15, -0.1) is 0 Å². The van der Waals surface area contributed by atoms with Gasteiger partial charge in [-0.2, -0.15) is 0 Å². The third kappa shape index (κ3) is 5.06. The smallest absolute Gasteiger partial charge is 0.251 e. The molecule has 0 aliphatic carbocycles. The zero-order valence-electron chi connectivity index (χ0n) is 15.4. The van der Waals surface area contributed by atoms with Gasteiger partial charge in [0.1, 0.15) is 11.8 Å². The maximum absolute atomic E-state index is 12.4. The van der Waals surface area contributed by atoms with E-state index in [2.05, 4.69) is 5.32 Å². The number of ether oxygens (including phenoxy) is 1. The Bertz CT molecular complexity index is 844. The van der Waals surface area contributed by atoms with Crippen molar-refractivity contribution in [2.24, 2.45) is 0 Å². The average Bonchev–Trinajstić information content (AvgIpc) is 2.61. The number of sulfone groups is 1. The van der Waals surface area contributed by atoms with Crippen molar-refractivity contribution in [2.75, 3.05) is 34.0 Å². The first-order chi connectivity index (χ1) is 12.2. The zero-order valence-corrected chi connectivity index (χ0v) is 16.3. The molecule has 0 radical (unpaired) electrons. The summed E-state index contributed by atoms with van der Waals surface area (Å²) < 4.78 is 28.2. The molecular formula is C19H25N2O4S+. The Morgan fingerprint density at radius 2 is 1.65 bits per heavy atom. The second-order valence-corrected chi connectivity index (χ2v) is 8.43. The maximum atomic E-state index is 12.4. The number of carbonyl (C=O) groups is 1. The van der Waals surface area contributed by atoms with Crippen LogP contribution in [0.3, 0.4) is 0 Å². The zero-order chi connectivity index (χ0) is 19.3. The maximum Gasteiger partial charge on any atom is 0.251 e. The molecule has 7 heteroatoms. The molecule has 0 aromatic heterocycles. The summed E-state index contributed by atoms with van der Waals surface area (Å²) in [6.45, 7) is 0.460. The van der Waals surface area contributed by atoms with Crippen LogP contribution in [0.4, 0.5) is 0 Å². The molecule has 0 bridgehead atoms. The summed E-state index contributed by atoms with van der Waals surface area (Å²) >= 11 is 0. The van der Waals surface area contributed by atoms with Gasteiger partial charge in [-0.1, -0.05) is 0 Å². The topological polar surface area (TPSA) is 76.9 Å².